The molecule has 0 fully saturated rings. The number of azo groups is 1. The summed E-state index contributed by atoms with van der Waals surface area (Å²) in [6.45, 7) is 0. The lowest BCUT2D eigenvalue weighted by molar-refractivity contribution is -0.120. The summed E-state index contributed by atoms with van der Waals surface area (Å²) in [6.07, 6.45) is 0. The molecule has 0 spiro atoms. The minimum absolute atomic E-state index is 0.266. The van der Waals surface area contributed by atoms with Gasteiger partial charge in [-0.25, -0.2) is 5.43 Å². The molecule has 0 radical (unpaired) electrons. The second-order valence-corrected chi connectivity index (χ2v) is 5.46. The van der Waals surface area contributed by atoms with E-state index < -0.39 is 6.04 Å². The minimum Gasteiger partial charge on any atom is -0.270 e. The van der Waals surface area contributed by atoms with Crippen LogP contribution in [-0.2, 0) is 4.79 Å². The molecule has 3 aromatic rings. The van der Waals surface area contributed by atoms with Crippen molar-refractivity contribution in [3.8, 4) is 0 Å². The molecule has 0 aromatic heterocycles. The largest absolute Gasteiger partial charge is 0.273 e. The number of hydrazone groups is 1. The summed E-state index contributed by atoms with van der Waals surface area (Å²) >= 11 is 0. The van der Waals surface area contributed by atoms with Gasteiger partial charge in [0, 0.05) is 10.9 Å². The molecular weight excluding hydrogens is 300 g/mol. The topological polar surface area (TPSA) is 66.2 Å². The van der Waals surface area contributed by atoms with E-state index in [1.165, 1.54) is 0 Å². The molecule has 4 rings (SSSR count). The van der Waals surface area contributed by atoms with Crippen LogP contribution in [0, 0.1) is 0 Å². The van der Waals surface area contributed by atoms with E-state index in [0.717, 1.165) is 22.0 Å². The van der Waals surface area contributed by atoms with Crippen LogP contribution in [0.4, 0.5) is 5.69 Å². The molecule has 1 atom stereocenters. The molecular formula is C19H14N4O. The van der Waals surface area contributed by atoms with Gasteiger partial charge in [0.05, 0.1) is 5.69 Å². The first kappa shape index (κ1) is 14.3. The Bertz CT molecular complexity index is 958. The highest BCUT2D eigenvalue weighted by Gasteiger charge is 2.31. The number of benzene rings is 3. The van der Waals surface area contributed by atoms with Gasteiger partial charge in [-0.1, -0.05) is 66.7 Å². The third-order valence-corrected chi connectivity index (χ3v) is 3.91. The lowest BCUT2D eigenvalue weighted by Gasteiger charge is -2.05. The van der Waals surface area contributed by atoms with Crippen LogP contribution in [0.15, 0.2) is 88.1 Å². The first-order chi connectivity index (χ1) is 11.8. The summed E-state index contributed by atoms with van der Waals surface area (Å²) in [4.78, 5) is 12.1. The number of rotatable bonds is 3. The van der Waals surface area contributed by atoms with Gasteiger partial charge in [0.15, 0.2) is 6.04 Å². The van der Waals surface area contributed by atoms with Gasteiger partial charge in [0.2, 0.25) is 0 Å². The normalized spacial score (nSPS) is 17.2. The van der Waals surface area contributed by atoms with E-state index in [1.807, 2.05) is 72.8 Å². The van der Waals surface area contributed by atoms with E-state index in [2.05, 4.69) is 20.8 Å². The second-order valence-electron chi connectivity index (χ2n) is 5.46. The quantitative estimate of drug-likeness (QED) is 0.734. The zero-order valence-corrected chi connectivity index (χ0v) is 12.8. The predicted octanol–water partition coefficient (Wildman–Crippen LogP) is 3.83. The molecule has 1 amide bonds. The van der Waals surface area contributed by atoms with Crippen molar-refractivity contribution in [1.29, 1.82) is 0 Å². The standard InChI is InChI=1S/C19H14N4O/c24-19-18(17(21-23-19)14-8-2-1-3-9-14)22-20-16-12-6-10-13-7-4-5-11-15(13)16/h1-12,18H,(H,23,24). The number of amides is 1. The summed E-state index contributed by atoms with van der Waals surface area (Å²) < 4.78 is 0. The lowest BCUT2D eigenvalue weighted by Crippen LogP contribution is -2.27. The van der Waals surface area contributed by atoms with Crippen LogP contribution in [0.25, 0.3) is 10.8 Å². The average Bonchev–Trinajstić information content (AvgIpc) is 3.01. The summed E-state index contributed by atoms with van der Waals surface area (Å²) in [5, 5.41) is 14.8. The van der Waals surface area contributed by atoms with Crippen molar-refractivity contribution in [1.82, 2.24) is 5.43 Å². The zero-order chi connectivity index (χ0) is 16.4. The van der Waals surface area contributed by atoms with Crippen LogP contribution < -0.4 is 5.43 Å². The maximum atomic E-state index is 12.1. The van der Waals surface area contributed by atoms with E-state index in [1.54, 1.807) is 0 Å². The SMILES string of the molecule is O=C1NN=C(c2ccccc2)C1N=Nc1cccc2ccccc12. The number of hydrogen-bond donors (Lipinski definition) is 1. The van der Waals surface area contributed by atoms with Gasteiger partial charge in [-0.15, -0.1) is 0 Å². The molecule has 0 saturated carbocycles. The summed E-state index contributed by atoms with van der Waals surface area (Å²) in [5.74, 6) is -0.266. The van der Waals surface area contributed by atoms with Crippen molar-refractivity contribution in [3.05, 3.63) is 78.4 Å². The predicted molar refractivity (Wildman–Crippen MR) is 93.4 cm³/mol. The summed E-state index contributed by atoms with van der Waals surface area (Å²) in [6, 6.07) is 22.6. The molecule has 3 aromatic carbocycles. The fourth-order valence-electron chi connectivity index (χ4n) is 2.72. The molecule has 116 valence electrons. The van der Waals surface area contributed by atoms with Gasteiger partial charge in [-0.2, -0.15) is 15.3 Å². The molecule has 1 N–H and O–H groups in total. The Morgan fingerprint density at radius 3 is 2.50 bits per heavy atom. The van der Waals surface area contributed by atoms with Crippen LogP contribution in [0.1, 0.15) is 5.56 Å². The first-order valence-electron chi connectivity index (χ1n) is 7.64. The van der Waals surface area contributed by atoms with Crippen LogP contribution in [-0.4, -0.2) is 17.7 Å². The number of carbonyl (C=O) groups is 1. The first-order valence-corrected chi connectivity index (χ1v) is 7.64. The van der Waals surface area contributed by atoms with Crippen molar-refractivity contribution < 1.29 is 4.79 Å². The van der Waals surface area contributed by atoms with Gasteiger partial charge >= 0.3 is 0 Å². The number of hydrogen-bond acceptors (Lipinski definition) is 4. The van der Waals surface area contributed by atoms with E-state index in [0.29, 0.717) is 5.71 Å². The Labute approximate surface area is 138 Å². The van der Waals surface area contributed by atoms with Crippen LogP contribution in [0.3, 0.4) is 0 Å². The van der Waals surface area contributed by atoms with Crippen molar-refractivity contribution in [2.45, 2.75) is 6.04 Å². The summed E-state index contributed by atoms with van der Waals surface area (Å²) in [5.41, 5.74) is 4.67. The molecule has 1 aliphatic heterocycles. The molecule has 0 aliphatic carbocycles. The van der Waals surface area contributed by atoms with Crippen LogP contribution in [0.5, 0.6) is 0 Å². The van der Waals surface area contributed by atoms with E-state index in [4.69, 9.17) is 0 Å². The fraction of sp³-hybridized carbons (Fsp3) is 0.0526. The zero-order valence-electron chi connectivity index (χ0n) is 12.8. The highest BCUT2D eigenvalue weighted by Crippen LogP contribution is 2.26. The third-order valence-electron chi connectivity index (χ3n) is 3.91. The van der Waals surface area contributed by atoms with E-state index in [9.17, 15) is 4.79 Å². The van der Waals surface area contributed by atoms with Crippen LogP contribution >= 0.6 is 0 Å². The molecule has 24 heavy (non-hydrogen) atoms. The molecule has 1 unspecified atom stereocenters. The maximum absolute atomic E-state index is 12.1. The van der Waals surface area contributed by atoms with E-state index in [-0.39, 0.29) is 5.91 Å². The van der Waals surface area contributed by atoms with Gasteiger partial charge in [-0.05, 0) is 11.5 Å². The summed E-state index contributed by atoms with van der Waals surface area (Å²) in [7, 11) is 0. The molecule has 5 nitrogen and oxygen atoms in total. The number of fused-ring (bicyclic) bond motifs is 1. The fourth-order valence-corrected chi connectivity index (χ4v) is 2.72. The van der Waals surface area contributed by atoms with Crippen molar-refractivity contribution in [2.75, 3.05) is 0 Å². The number of nitrogens with zero attached hydrogens (tertiary/aromatic N) is 3. The smallest absolute Gasteiger partial charge is 0.270 e. The Hall–Kier alpha value is -3.34. The monoisotopic (exact) mass is 314 g/mol. The molecule has 1 aliphatic rings. The highest BCUT2D eigenvalue weighted by atomic mass is 16.2. The Kier molecular flexibility index (Phi) is 3.59. The molecule has 5 heteroatoms. The highest BCUT2D eigenvalue weighted by molar-refractivity contribution is 6.19. The number of nitrogens with one attached hydrogen (secondary N) is 1. The Morgan fingerprint density at radius 2 is 1.62 bits per heavy atom. The minimum atomic E-state index is -0.730. The molecule has 1 heterocycles. The van der Waals surface area contributed by atoms with Crippen LogP contribution in [0.2, 0.25) is 0 Å². The molecule has 0 bridgehead atoms. The third kappa shape index (κ3) is 2.56. The Morgan fingerprint density at radius 1 is 0.875 bits per heavy atom. The lowest BCUT2D eigenvalue weighted by atomic mass is 10.0. The van der Waals surface area contributed by atoms with Gasteiger partial charge in [-0.3, -0.25) is 4.79 Å². The van der Waals surface area contributed by atoms with Gasteiger partial charge in [0.25, 0.3) is 5.91 Å². The maximum Gasteiger partial charge on any atom is 0.273 e. The van der Waals surface area contributed by atoms with Crippen molar-refractivity contribution in [3.63, 3.8) is 0 Å². The van der Waals surface area contributed by atoms with Gasteiger partial charge < -0.3 is 0 Å². The van der Waals surface area contributed by atoms with Gasteiger partial charge in [0.1, 0.15) is 5.71 Å². The average molecular weight is 314 g/mol. The molecule has 0 saturated heterocycles. The number of carbonyl (C=O) groups excluding carboxylic acids is 1. The Balaban J connectivity index is 1.69. The van der Waals surface area contributed by atoms with E-state index >= 15 is 0 Å². The second kappa shape index (κ2) is 6.04. The van der Waals surface area contributed by atoms with Crippen molar-refractivity contribution in [2.24, 2.45) is 15.3 Å². The van der Waals surface area contributed by atoms with Crippen molar-refractivity contribution >= 4 is 28.1 Å².